The van der Waals surface area contributed by atoms with E-state index in [1.165, 1.54) is 10.9 Å². The van der Waals surface area contributed by atoms with Crippen LogP contribution in [0.4, 0.5) is 5.95 Å². The topological polar surface area (TPSA) is 113 Å². The SMILES string of the molecule is COc1ccc(C(Nc2ncc3ncn(C(O)OCCCOC(c4ccccc4)(c4ccccc4)c4ccc(OC)cc4)c3n2)(c2ccccc2)c2ccccc2)cc1. The number of aliphatic hydroxyl groups excluding tert-OH is 1. The van der Waals surface area contributed by atoms with E-state index in [0.717, 1.165) is 44.9 Å². The standard InChI is InChI=1S/C49H45N5O5/c1-56-42-28-24-38(25-29-42)48(36-16-7-3-8-17-36,37-18-9-4-10-19-37)53-46-50-34-44-45(52-46)54(35-51-44)47(55)58-32-15-33-59-49(39-20-11-5-12-21-39,40-22-13-6-14-23-40)41-26-30-43(57-2)31-27-41/h3-14,16-31,34-35,47,55H,15,32-33H2,1-2H3,(H,50,52,53). The van der Waals surface area contributed by atoms with Gasteiger partial charge in [0.2, 0.25) is 12.4 Å². The van der Waals surface area contributed by atoms with Crippen LogP contribution in [-0.2, 0) is 20.6 Å². The second-order valence-electron chi connectivity index (χ2n) is 13.9. The van der Waals surface area contributed by atoms with E-state index in [1.54, 1.807) is 20.4 Å². The van der Waals surface area contributed by atoms with Gasteiger partial charge in [0.1, 0.15) is 34.5 Å². The van der Waals surface area contributed by atoms with Crippen molar-refractivity contribution < 1.29 is 24.1 Å². The van der Waals surface area contributed by atoms with E-state index in [4.69, 9.17) is 28.9 Å². The lowest BCUT2D eigenvalue weighted by Crippen LogP contribution is -2.38. The number of benzene rings is 6. The predicted molar refractivity (Wildman–Crippen MR) is 228 cm³/mol. The molecule has 0 aliphatic heterocycles. The Bertz CT molecular complexity index is 2460. The fraction of sp³-hybridized carbons (Fsp3) is 0.163. The molecule has 8 aromatic rings. The molecule has 0 saturated heterocycles. The van der Waals surface area contributed by atoms with Crippen LogP contribution in [0.1, 0.15) is 46.2 Å². The van der Waals surface area contributed by atoms with Gasteiger partial charge in [-0.1, -0.05) is 146 Å². The number of ether oxygens (including phenoxy) is 4. The summed E-state index contributed by atoms with van der Waals surface area (Å²) in [7, 11) is 3.31. The van der Waals surface area contributed by atoms with Crippen molar-refractivity contribution in [2.75, 3.05) is 32.8 Å². The number of aliphatic hydroxyl groups is 1. The van der Waals surface area contributed by atoms with Crippen molar-refractivity contribution in [2.45, 2.75) is 24.0 Å². The van der Waals surface area contributed by atoms with Crippen molar-refractivity contribution in [3.63, 3.8) is 0 Å². The first-order valence-corrected chi connectivity index (χ1v) is 19.5. The van der Waals surface area contributed by atoms with Crippen molar-refractivity contribution in [1.29, 1.82) is 0 Å². The molecule has 10 heteroatoms. The summed E-state index contributed by atoms with van der Waals surface area (Å²) < 4.78 is 25.4. The van der Waals surface area contributed by atoms with E-state index in [0.29, 0.717) is 30.1 Å². The molecule has 296 valence electrons. The normalized spacial score (nSPS) is 12.3. The minimum atomic E-state index is -1.37. The summed E-state index contributed by atoms with van der Waals surface area (Å²) >= 11 is 0. The van der Waals surface area contributed by atoms with Crippen LogP contribution in [0.25, 0.3) is 11.2 Å². The lowest BCUT2D eigenvalue weighted by Gasteiger charge is -2.37. The molecule has 0 spiro atoms. The van der Waals surface area contributed by atoms with Gasteiger partial charge >= 0.3 is 0 Å². The Morgan fingerprint density at radius 2 is 1.03 bits per heavy atom. The molecule has 0 amide bonds. The zero-order valence-corrected chi connectivity index (χ0v) is 32.9. The van der Waals surface area contributed by atoms with Crippen molar-refractivity contribution in [1.82, 2.24) is 19.5 Å². The van der Waals surface area contributed by atoms with E-state index >= 15 is 0 Å². The van der Waals surface area contributed by atoms with Crippen molar-refractivity contribution in [2.24, 2.45) is 0 Å². The number of fused-ring (bicyclic) bond motifs is 1. The number of nitrogens with one attached hydrogen (secondary N) is 1. The molecule has 2 heterocycles. The zero-order chi connectivity index (χ0) is 40.5. The van der Waals surface area contributed by atoms with Gasteiger partial charge in [0.05, 0.1) is 33.6 Å². The highest BCUT2D eigenvalue weighted by molar-refractivity contribution is 5.71. The number of methoxy groups -OCH3 is 2. The maximum absolute atomic E-state index is 11.4. The minimum Gasteiger partial charge on any atom is -0.497 e. The second kappa shape index (κ2) is 17.7. The fourth-order valence-corrected chi connectivity index (χ4v) is 7.62. The van der Waals surface area contributed by atoms with Gasteiger partial charge < -0.3 is 29.4 Å². The molecule has 0 bridgehead atoms. The quantitative estimate of drug-likeness (QED) is 0.0531. The van der Waals surface area contributed by atoms with Gasteiger partial charge in [0, 0.05) is 0 Å². The number of hydrogen-bond donors (Lipinski definition) is 2. The van der Waals surface area contributed by atoms with Gasteiger partial charge in [-0.05, 0) is 64.1 Å². The monoisotopic (exact) mass is 783 g/mol. The first-order valence-electron chi connectivity index (χ1n) is 19.5. The highest BCUT2D eigenvalue weighted by Crippen LogP contribution is 2.42. The number of aromatic nitrogens is 4. The van der Waals surface area contributed by atoms with Gasteiger partial charge in [0.25, 0.3) is 0 Å². The third kappa shape index (κ3) is 7.89. The number of hydrogen-bond acceptors (Lipinski definition) is 9. The smallest absolute Gasteiger partial charge is 0.244 e. The Balaban J connectivity index is 1.04. The van der Waals surface area contributed by atoms with Gasteiger partial charge in [-0.15, -0.1) is 0 Å². The van der Waals surface area contributed by atoms with Gasteiger partial charge in [-0.3, -0.25) is 4.57 Å². The zero-order valence-electron chi connectivity index (χ0n) is 32.9. The van der Waals surface area contributed by atoms with E-state index in [9.17, 15) is 5.11 Å². The average molecular weight is 784 g/mol. The maximum atomic E-state index is 11.4. The largest absolute Gasteiger partial charge is 0.497 e. The first kappa shape index (κ1) is 39.0. The average Bonchev–Trinajstić information content (AvgIpc) is 3.74. The van der Waals surface area contributed by atoms with E-state index in [-0.39, 0.29) is 6.61 Å². The molecule has 0 saturated carbocycles. The van der Waals surface area contributed by atoms with Crippen LogP contribution in [0.2, 0.25) is 0 Å². The highest BCUT2D eigenvalue weighted by Gasteiger charge is 2.39. The summed E-state index contributed by atoms with van der Waals surface area (Å²) in [5.41, 5.74) is 4.95. The molecule has 0 fully saturated rings. The summed E-state index contributed by atoms with van der Waals surface area (Å²) in [4.78, 5) is 14.1. The van der Waals surface area contributed by atoms with Crippen molar-refractivity contribution in [3.05, 3.63) is 216 Å². The Morgan fingerprint density at radius 3 is 1.54 bits per heavy atom. The van der Waals surface area contributed by atoms with E-state index < -0.39 is 17.6 Å². The van der Waals surface area contributed by atoms with Crippen LogP contribution in [-0.4, -0.2) is 52.1 Å². The number of imidazole rings is 1. The van der Waals surface area contributed by atoms with Crippen LogP contribution >= 0.6 is 0 Å². The van der Waals surface area contributed by atoms with Crippen LogP contribution in [0.3, 0.4) is 0 Å². The molecule has 0 aliphatic carbocycles. The van der Waals surface area contributed by atoms with Crippen LogP contribution < -0.4 is 14.8 Å². The Hall–Kier alpha value is -6.85. The van der Waals surface area contributed by atoms with Crippen molar-refractivity contribution in [3.8, 4) is 11.5 Å². The Morgan fingerprint density at radius 1 is 0.576 bits per heavy atom. The minimum absolute atomic E-state index is 0.196. The van der Waals surface area contributed by atoms with Crippen LogP contribution in [0.15, 0.2) is 182 Å². The molecule has 2 N–H and O–H groups in total. The number of anilines is 1. The van der Waals surface area contributed by atoms with E-state index in [1.807, 2.05) is 121 Å². The Labute approximate surface area is 343 Å². The van der Waals surface area contributed by atoms with Gasteiger partial charge in [0.15, 0.2) is 5.65 Å². The number of nitrogens with zero attached hydrogens (tertiary/aromatic N) is 4. The number of rotatable bonds is 17. The molecule has 10 nitrogen and oxygen atoms in total. The lowest BCUT2D eigenvalue weighted by molar-refractivity contribution is -0.154. The fourth-order valence-electron chi connectivity index (χ4n) is 7.62. The second-order valence-corrected chi connectivity index (χ2v) is 13.9. The lowest BCUT2D eigenvalue weighted by atomic mass is 9.77. The summed E-state index contributed by atoms with van der Waals surface area (Å²) in [6.07, 6.45) is 2.27. The molecule has 1 unspecified atom stereocenters. The predicted octanol–water partition coefficient (Wildman–Crippen LogP) is 9.11. The van der Waals surface area contributed by atoms with Crippen LogP contribution in [0.5, 0.6) is 11.5 Å². The molecule has 0 radical (unpaired) electrons. The third-order valence-electron chi connectivity index (χ3n) is 10.5. The molecular formula is C49H45N5O5. The summed E-state index contributed by atoms with van der Waals surface area (Å²) in [5, 5.41) is 15.1. The van der Waals surface area contributed by atoms with Gasteiger partial charge in [-0.25, -0.2) is 9.97 Å². The summed E-state index contributed by atoms with van der Waals surface area (Å²) in [6.45, 7) is 0.526. The molecule has 2 aromatic heterocycles. The van der Waals surface area contributed by atoms with Gasteiger partial charge in [-0.2, -0.15) is 4.98 Å². The molecule has 6 aromatic carbocycles. The Kier molecular flexibility index (Phi) is 11.7. The summed E-state index contributed by atoms with van der Waals surface area (Å²) in [6, 6.07) is 56.6. The molecule has 0 aliphatic rings. The summed E-state index contributed by atoms with van der Waals surface area (Å²) in [5.74, 6) is 1.84. The van der Waals surface area contributed by atoms with E-state index in [2.05, 4.69) is 58.8 Å². The van der Waals surface area contributed by atoms with Crippen molar-refractivity contribution >= 4 is 17.1 Å². The van der Waals surface area contributed by atoms with Crippen LogP contribution in [0, 0.1) is 0 Å². The molecule has 59 heavy (non-hydrogen) atoms. The maximum Gasteiger partial charge on any atom is 0.244 e. The first-order chi connectivity index (χ1) is 29.0. The molecule has 8 rings (SSSR count). The third-order valence-corrected chi connectivity index (χ3v) is 10.5. The highest BCUT2D eigenvalue weighted by atomic mass is 16.6. The molecular weight excluding hydrogens is 739 g/mol. The molecule has 1 atom stereocenters.